The van der Waals surface area contributed by atoms with Gasteiger partial charge >= 0.3 is 0 Å². The van der Waals surface area contributed by atoms with Crippen LogP contribution in [0.5, 0.6) is 0 Å². The molecule has 1 aromatic heterocycles. The number of carbonyl (C=O) groups is 3. The van der Waals surface area contributed by atoms with Gasteiger partial charge in [0.2, 0.25) is 0 Å². The van der Waals surface area contributed by atoms with Crippen LogP contribution in [0.15, 0.2) is 35.1 Å². The van der Waals surface area contributed by atoms with E-state index in [1.165, 1.54) is 6.07 Å². The smallest absolute Gasteiger partial charge is 0.261 e. The zero-order valence-electron chi connectivity index (χ0n) is 19.1. The summed E-state index contributed by atoms with van der Waals surface area (Å²) < 4.78 is 0. The highest BCUT2D eigenvalue weighted by Crippen LogP contribution is 2.34. The molecular weight excluding hydrogens is 418 g/mol. The van der Waals surface area contributed by atoms with Crippen LogP contribution in [-0.2, 0) is 13.0 Å². The lowest BCUT2D eigenvalue weighted by Crippen LogP contribution is -2.38. The third-order valence-corrected chi connectivity index (χ3v) is 6.68. The minimum absolute atomic E-state index is 0.0223. The van der Waals surface area contributed by atoms with Gasteiger partial charge in [-0.25, -0.2) is 0 Å². The molecule has 7 nitrogen and oxygen atoms in total. The number of H-pyrrole nitrogens is 1. The molecule has 1 aromatic carbocycles. The van der Waals surface area contributed by atoms with Crippen molar-refractivity contribution >= 4 is 17.6 Å². The van der Waals surface area contributed by atoms with Crippen LogP contribution in [0, 0.1) is 5.41 Å². The molecule has 3 aliphatic carbocycles. The maximum Gasteiger partial charge on any atom is 0.261 e. The van der Waals surface area contributed by atoms with E-state index in [0.717, 1.165) is 31.2 Å². The number of aromatic nitrogens is 1. The fourth-order valence-electron chi connectivity index (χ4n) is 4.55. The van der Waals surface area contributed by atoms with E-state index in [9.17, 15) is 19.2 Å². The van der Waals surface area contributed by atoms with Crippen LogP contribution >= 0.6 is 0 Å². The van der Waals surface area contributed by atoms with E-state index < -0.39 is 5.56 Å². The van der Waals surface area contributed by atoms with Crippen molar-refractivity contribution in [1.82, 2.24) is 15.2 Å². The first-order valence-electron chi connectivity index (χ1n) is 11.7. The quantitative estimate of drug-likeness (QED) is 0.710. The summed E-state index contributed by atoms with van der Waals surface area (Å²) in [5.74, 6) is -0.466. The third kappa shape index (κ3) is 4.63. The lowest BCUT2D eigenvalue weighted by atomic mass is 9.75. The number of hydrogen-bond acceptors (Lipinski definition) is 4. The number of benzene rings is 1. The fraction of sp³-hybridized carbons (Fsp3) is 0.462. The van der Waals surface area contributed by atoms with E-state index in [2.05, 4.69) is 10.3 Å². The van der Waals surface area contributed by atoms with Gasteiger partial charge in [0.05, 0.1) is 0 Å². The number of pyridine rings is 1. The maximum atomic E-state index is 13.4. The summed E-state index contributed by atoms with van der Waals surface area (Å²) in [5, 5.41) is 2.97. The van der Waals surface area contributed by atoms with Gasteiger partial charge in [-0.3, -0.25) is 19.2 Å². The maximum absolute atomic E-state index is 13.4. The van der Waals surface area contributed by atoms with Crippen molar-refractivity contribution in [2.75, 3.05) is 0 Å². The van der Waals surface area contributed by atoms with E-state index in [0.29, 0.717) is 42.2 Å². The Bertz CT molecular complexity index is 1190. The Hall–Kier alpha value is -3.22. The van der Waals surface area contributed by atoms with Gasteiger partial charge in [0, 0.05) is 41.9 Å². The summed E-state index contributed by atoms with van der Waals surface area (Å²) in [6.07, 6.45) is 4.85. The Morgan fingerprint density at radius 2 is 1.76 bits per heavy atom. The van der Waals surface area contributed by atoms with Crippen LogP contribution in [-0.4, -0.2) is 39.6 Å². The van der Waals surface area contributed by atoms with Gasteiger partial charge in [-0.2, -0.15) is 0 Å². The van der Waals surface area contributed by atoms with Crippen molar-refractivity contribution in [3.05, 3.63) is 68.6 Å². The molecule has 0 radical (unpaired) electrons. The topological polar surface area (TPSA) is 99.3 Å². The first kappa shape index (κ1) is 21.6. The van der Waals surface area contributed by atoms with Crippen LogP contribution in [0.2, 0.25) is 0 Å². The molecule has 5 rings (SSSR count). The van der Waals surface area contributed by atoms with E-state index in [1.807, 2.05) is 26.0 Å². The molecule has 0 atom stereocenters. The SMILES string of the molecule is CC1(C)CC(=O)c2cc(C(=O)N(Cc3ccc(C(=O)NC4CC4)cc3)C3CC3)c(=O)[nH]c2C1. The standard InChI is InChI=1S/C26H29N3O4/c1-26(2)12-21-19(22(30)13-26)11-20(24(32)28-21)25(33)29(18-9-10-18)14-15-3-5-16(6-4-15)23(31)27-17-7-8-17/h3-6,11,17-18H,7-10,12-14H2,1-2H3,(H,27,31)(H,28,32). The molecule has 33 heavy (non-hydrogen) atoms. The van der Waals surface area contributed by atoms with Crippen LogP contribution in [0.3, 0.4) is 0 Å². The highest BCUT2D eigenvalue weighted by atomic mass is 16.2. The largest absolute Gasteiger partial charge is 0.349 e. The average molecular weight is 448 g/mol. The number of amides is 2. The molecular formula is C26H29N3O4. The molecule has 2 saturated carbocycles. The van der Waals surface area contributed by atoms with Gasteiger partial charge in [-0.1, -0.05) is 26.0 Å². The number of aromatic amines is 1. The van der Waals surface area contributed by atoms with Gasteiger partial charge in [0.25, 0.3) is 17.4 Å². The predicted molar refractivity (Wildman–Crippen MR) is 123 cm³/mol. The predicted octanol–water partition coefficient (Wildman–Crippen LogP) is 3.23. The number of ketones is 1. The second kappa shape index (κ2) is 7.97. The molecule has 0 saturated heterocycles. The van der Waals surface area contributed by atoms with Gasteiger partial charge in [0.1, 0.15) is 5.56 Å². The van der Waals surface area contributed by atoms with Crippen molar-refractivity contribution < 1.29 is 14.4 Å². The van der Waals surface area contributed by atoms with E-state index in [1.54, 1.807) is 17.0 Å². The number of carbonyl (C=O) groups excluding carboxylic acids is 3. The summed E-state index contributed by atoms with van der Waals surface area (Å²) in [6, 6.07) is 9.13. The van der Waals surface area contributed by atoms with Crippen molar-refractivity contribution in [2.24, 2.45) is 5.41 Å². The molecule has 1 heterocycles. The molecule has 2 amide bonds. The number of Topliss-reactive ketones (excluding diaryl/α,β-unsaturated/α-hetero) is 1. The second-order valence-corrected chi connectivity index (χ2v) is 10.5. The first-order chi connectivity index (χ1) is 15.7. The molecule has 0 spiro atoms. The van der Waals surface area contributed by atoms with Crippen LogP contribution in [0.25, 0.3) is 0 Å². The lowest BCUT2D eigenvalue weighted by Gasteiger charge is -2.30. The normalized spacial score (nSPS) is 19.0. The summed E-state index contributed by atoms with van der Waals surface area (Å²) in [7, 11) is 0. The van der Waals surface area contributed by atoms with Gasteiger partial charge < -0.3 is 15.2 Å². The minimum atomic E-state index is -0.443. The average Bonchev–Trinajstić information content (AvgIpc) is 3.65. The van der Waals surface area contributed by atoms with E-state index >= 15 is 0 Å². The van der Waals surface area contributed by atoms with Gasteiger partial charge in [-0.15, -0.1) is 0 Å². The highest BCUT2D eigenvalue weighted by Gasteiger charge is 2.36. The van der Waals surface area contributed by atoms with Crippen LogP contribution in [0.1, 0.15) is 88.3 Å². The zero-order valence-corrected chi connectivity index (χ0v) is 19.1. The van der Waals surface area contributed by atoms with Crippen molar-refractivity contribution in [3.63, 3.8) is 0 Å². The molecule has 2 N–H and O–H groups in total. The Balaban J connectivity index is 1.36. The Labute approximate surface area is 192 Å². The molecule has 0 aliphatic heterocycles. The van der Waals surface area contributed by atoms with Gasteiger partial charge in [-0.05, 0) is 61.3 Å². The summed E-state index contributed by atoms with van der Waals surface area (Å²) in [5.41, 5.74) is 1.94. The molecule has 2 aromatic rings. The molecule has 7 heteroatoms. The third-order valence-electron chi connectivity index (χ3n) is 6.68. The summed E-state index contributed by atoms with van der Waals surface area (Å²) in [6.45, 7) is 4.35. The fourth-order valence-corrected chi connectivity index (χ4v) is 4.55. The molecule has 172 valence electrons. The van der Waals surface area contributed by atoms with Crippen LogP contribution < -0.4 is 10.9 Å². The Morgan fingerprint density at radius 3 is 2.39 bits per heavy atom. The number of fused-ring (bicyclic) bond motifs is 1. The molecule has 3 aliphatic rings. The van der Waals surface area contributed by atoms with Crippen molar-refractivity contribution in [2.45, 2.75) is 71.0 Å². The van der Waals surface area contributed by atoms with Crippen LogP contribution in [0.4, 0.5) is 0 Å². The molecule has 2 fully saturated rings. The lowest BCUT2D eigenvalue weighted by molar-refractivity contribution is 0.0727. The number of hydrogen-bond donors (Lipinski definition) is 2. The second-order valence-electron chi connectivity index (χ2n) is 10.5. The number of nitrogens with one attached hydrogen (secondary N) is 2. The monoisotopic (exact) mass is 447 g/mol. The first-order valence-corrected chi connectivity index (χ1v) is 11.7. The molecule has 0 unspecified atom stereocenters. The molecule has 0 bridgehead atoms. The van der Waals surface area contributed by atoms with Crippen molar-refractivity contribution in [3.8, 4) is 0 Å². The number of nitrogens with zero attached hydrogens (tertiary/aromatic N) is 1. The Kier molecular flexibility index (Phi) is 5.22. The summed E-state index contributed by atoms with van der Waals surface area (Å²) in [4.78, 5) is 55.6. The minimum Gasteiger partial charge on any atom is -0.349 e. The summed E-state index contributed by atoms with van der Waals surface area (Å²) >= 11 is 0. The Morgan fingerprint density at radius 1 is 1.06 bits per heavy atom. The zero-order chi connectivity index (χ0) is 23.3. The highest BCUT2D eigenvalue weighted by molar-refractivity contribution is 6.02. The number of rotatable bonds is 6. The van der Waals surface area contributed by atoms with Crippen molar-refractivity contribution in [1.29, 1.82) is 0 Å². The van der Waals surface area contributed by atoms with E-state index in [-0.39, 0.29) is 34.6 Å². The van der Waals surface area contributed by atoms with Gasteiger partial charge in [0.15, 0.2) is 5.78 Å². The van der Waals surface area contributed by atoms with E-state index in [4.69, 9.17) is 0 Å².